The Balaban J connectivity index is 1.96. The minimum absolute atomic E-state index is 0.528. The molecule has 2 aromatic rings. The van der Waals surface area contributed by atoms with E-state index >= 15 is 0 Å². The third-order valence-corrected chi connectivity index (χ3v) is 2.51. The molecule has 78 valence electrons. The van der Waals surface area contributed by atoms with Gasteiger partial charge in [-0.2, -0.15) is 5.26 Å². The van der Waals surface area contributed by atoms with Crippen LogP contribution in [0.5, 0.6) is 0 Å². The van der Waals surface area contributed by atoms with Crippen molar-refractivity contribution in [1.82, 2.24) is 14.3 Å². The number of anilines is 1. The van der Waals surface area contributed by atoms with E-state index in [9.17, 15) is 0 Å². The van der Waals surface area contributed by atoms with Crippen LogP contribution >= 0.6 is 0 Å². The molecule has 0 unspecified atom stereocenters. The lowest BCUT2D eigenvalue weighted by Gasteiger charge is -2.12. The Morgan fingerprint density at radius 3 is 3.00 bits per heavy atom. The second-order valence-electron chi connectivity index (χ2n) is 3.54. The maximum atomic E-state index is 8.74. The third kappa shape index (κ3) is 1.28. The highest BCUT2D eigenvalue weighted by Gasteiger charge is 2.15. The van der Waals surface area contributed by atoms with Crippen LogP contribution in [0.3, 0.4) is 0 Å². The molecule has 5 heteroatoms. The van der Waals surface area contributed by atoms with Gasteiger partial charge in [0.1, 0.15) is 12.3 Å². The first-order chi connectivity index (χ1) is 7.86. The van der Waals surface area contributed by atoms with Gasteiger partial charge in [-0.3, -0.25) is 4.90 Å². The first kappa shape index (κ1) is 8.80. The SMILES string of the molecule is N#CN1C=CN(c2cn3ccccc3n2)C1. The standard InChI is InChI=1S/C11H9N5/c12-8-14-5-6-16(9-14)11-7-15-4-2-1-3-10(15)13-11/h1-7H,9H2. The lowest BCUT2D eigenvalue weighted by Crippen LogP contribution is -2.21. The second kappa shape index (κ2) is 3.28. The summed E-state index contributed by atoms with van der Waals surface area (Å²) < 4.78 is 1.96. The average molecular weight is 211 g/mol. The molecule has 3 heterocycles. The van der Waals surface area contributed by atoms with Gasteiger partial charge in [0.15, 0.2) is 12.0 Å². The van der Waals surface area contributed by atoms with Gasteiger partial charge in [0, 0.05) is 18.6 Å². The Morgan fingerprint density at radius 2 is 2.25 bits per heavy atom. The summed E-state index contributed by atoms with van der Waals surface area (Å²) in [5.74, 6) is 0.847. The van der Waals surface area contributed by atoms with E-state index < -0.39 is 0 Å². The topological polar surface area (TPSA) is 47.6 Å². The quantitative estimate of drug-likeness (QED) is 0.668. The van der Waals surface area contributed by atoms with Gasteiger partial charge in [0.25, 0.3) is 0 Å². The van der Waals surface area contributed by atoms with Crippen LogP contribution in [0, 0.1) is 11.5 Å². The first-order valence-corrected chi connectivity index (χ1v) is 4.92. The van der Waals surface area contributed by atoms with E-state index in [2.05, 4.69) is 11.2 Å². The van der Waals surface area contributed by atoms with Gasteiger partial charge in [-0.25, -0.2) is 4.98 Å². The van der Waals surface area contributed by atoms with E-state index in [4.69, 9.17) is 5.26 Å². The molecule has 0 aromatic carbocycles. The van der Waals surface area contributed by atoms with E-state index in [1.54, 1.807) is 11.1 Å². The molecule has 1 aliphatic rings. The van der Waals surface area contributed by atoms with Crippen molar-refractivity contribution < 1.29 is 0 Å². The predicted octanol–water partition coefficient (Wildman–Crippen LogP) is 1.37. The van der Waals surface area contributed by atoms with Gasteiger partial charge in [0.05, 0.1) is 6.20 Å². The molecule has 16 heavy (non-hydrogen) atoms. The van der Waals surface area contributed by atoms with Gasteiger partial charge < -0.3 is 9.30 Å². The molecule has 2 aromatic heterocycles. The monoisotopic (exact) mass is 211 g/mol. The van der Waals surface area contributed by atoms with Gasteiger partial charge in [-0.1, -0.05) is 6.07 Å². The summed E-state index contributed by atoms with van der Waals surface area (Å²) in [7, 11) is 0. The van der Waals surface area contributed by atoms with Crippen molar-refractivity contribution >= 4 is 11.5 Å². The lowest BCUT2D eigenvalue weighted by atomic mass is 10.5. The van der Waals surface area contributed by atoms with Crippen molar-refractivity contribution in [1.29, 1.82) is 5.26 Å². The van der Waals surface area contributed by atoms with Crippen LogP contribution < -0.4 is 4.90 Å². The summed E-state index contributed by atoms with van der Waals surface area (Å²) in [5.41, 5.74) is 0.904. The molecule has 0 radical (unpaired) electrons. The van der Waals surface area contributed by atoms with Crippen molar-refractivity contribution in [3.05, 3.63) is 43.0 Å². The molecular formula is C11H9N5. The number of aromatic nitrogens is 2. The number of pyridine rings is 1. The van der Waals surface area contributed by atoms with Crippen LogP contribution in [-0.4, -0.2) is 21.0 Å². The molecule has 0 saturated carbocycles. The summed E-state index contributed by atoms with van der Waals surface area (Å²) in [5, 5.41) is 8.74. The molecule has 0 bridgehead atoms. The molecule has 0 amide bonds. The normalized spacial score (nSPS) is 14.7. The minimum Gasteiger partial charge on any atom is -0.311 e. The number of hydrogen-bond donors (Lipinski definition) is 0. The van der Waals surface area contributed by atoms with Crippen LogP contribution in [0.15, 0.2) is 43.0 Å². The van der Waals surface area contributed by atoms with E-state index in [0.29, 0.717) is 6.67 Å². The van der Waals surface area contributed by atoms with Crippen molar-refractivity contribution in [3.63, 3.8) is 0 Å². The molecule has 0 aliphatic carbocycles. The minimum atomic E-state index is 0.528. The fraction of sp³-hybridized carbons (Fsp3) is 0.0909. The fourth-order valence-corrected chi connectivity index (χ4v) is 1.69. The average Bonchev–Trinajstić information content (AvgIpc) is 2.95. The smallest absolute Gasteiger partial charge is 0.185 e. The number of nitrogens with zero attached hydrogens (tertiary/aromatic N) is 5. The number of hydrogen-bond acceptors (Lipinski definition) is 4. The van der Waals surface area contributed by atoms with Crippen LogP contribution in [-0.2, 0) is 0 Å². The summed E-state index contributed by atoms with van der Waals surface area (Å²) in [6, 6.07) is 5.86. The van der Waals surface area contributed by atoms with Crippen molar-refractivity contribution in [2.45, 2.75) is 0 Å². The Morgan fingerprint density at radius 1 is 1.31 bits per heavy atom. The first-order valence-electron chi connectivity index (χ1n) is 4.92. The summed E-state index contributed by atoms with van der Waals surface area (Å²) in [6.07, 6.45) is 9.56. The van der Waals surface area contributed by atoms with E-state index in [-0.39, 0.29) is 0 Å². The lowest BCUT2D eigenvalue weighted by molar-refractivity contribution is 0.566. The summed E-state index contributed by atoms with van der Waals surface area (Å²) in [6.45, 7) is 0.528. The zero-order chi connectivity index (χ0) is 11.0. The van der Waals surface area contributed by atoms with Crippen molar-refractivity contribution in [2.75, 3.05) is 11.6 Å². The molecule has 0 saturated heterocycles. The molecule has 0 atom stereocenters. The zero-order valence-corrected chi connectivity index (χ0v) is 8.48. The molecular weight excluding hydrogens is 202 g/mol. The second-order valence-corrected chi connectivity index (χ2v) is 3.54. The highest BCUT2D eigenvalue weighted by atomic mass is 15.4. The summed E-state index contributed by atoms with van der Waals surface area (Å²) in [4.78, 5) is 7.94. The molecule has 5 nitrogen and oxygen atoms in total. The van der Waals surface area contributed by atoms with Crippen LogP contribution in [0.25, 0.3) is 5.65 Å². The van der Waals surface area contributed by atoms with E-state index in [1.165, 1.54) is 0 Å². The highest BCUT2D eigenvalue weighted by Crippen LogP contribution is 2.18. The maximum absolute atomic E-state index is 8.74. The van der Waals surface area contributed by atoms with Gasteiger partial charge in [-0.15, -0.1) is 0 Å². The number of rotatable bonds is 1. The largest absolute Gasteiger partial charge is 0.311 e. The van der Waals surface area contributed by atoms with E-state index in [1.807, 2.05) is 46.1 Å². The third-order valence-electron chi connectivity index (χ3n) is 2.51. The zero-order valence-electron chi connectivity index (χ0n) is 8.48. The molecule has 0 N–H and O–H groups in total. The molecule has 0 fully saturated rings. The Kier molecular flexibility index (Phi) is 1.80. The number of nitriles is 1. The predicted molar refractivity (Wildman–Crippen MR) is 59.1 cm³/mol. The van der Waals surface area contributed by atoms with Crippen molar-refractivity contribution in [2.24, 2.45) is 0 Å². The summed E-state index contributed by atoms with van der Waals surface area (Å²) >= 11 is 0. The molecule has 1 aliphatic heterocycles. The maximum Gasteiger partial charge on any atom is 0.185 e. The van der Waals surface area contributed by atoms with Gasteiger partial charge >= 0.3 is 0 Å². The van der Waals surface area contributed by atoms with Gasteiger partial charge in [0.2, 0.25) is 0 Å². The van der Waals surface area contributed by atoms with Crippen LogP contribution in [0.2, 0.25) is 0 Å². The number of imidazole rings is 1. The highest BCUT2D eigenvalue weighted by molar-refractivity contribution is 5.52. The Hall–Kier alpha value is -2.48. The molecule has 0 spiro atoms. The Labute approximate surface area is 92.4 Å². The number of fused-ring (bicyclic) bond motifs is 1. The molecule has 3 rings (SSSR count). The van der Waals surface area contributed by atoms with Crippen LogP contribution in [0.4, 0.5) is 5.82 Å². The fourth-order valence-electron chi connectivity index (χ4n) is 1.69. The van der Waals surface area contributed by atoms with Crippen LogP contribution in [0.1, 0.15) is 0 Å². The Bertz CT molecular complexity index is 559. The van der Waals surface area contributed by atoms with Crippen molar-refractivity contribution in [3.8, 4) is 6.19 Å². The van der Waals surface area contributed by atoms with Gasteiger partial charge in [-0.05, 0) is 12.1 Å². The van der Waals surface area contributed by atoms with E-state index in [0.717, 1.165) is 11.5 Å².